The lowest BCUT2D eigenvalue weighted by molar-refractivity contribution is -0.130. The minimum atomic E-state index is -0.273. The molecule has 1 fully saturated rings. The summed E-state index contributed by atoms with van der Waals surface area (Å²) in [4.78, 5) is 11.8. The summed E-state index contributed by atoms with van der Waals surface area (Å²) in [5.74, 6) is -0.0232. The Morgan fingerprint density at radius 2 is 2.18 bits per heavy atom. The van der Waals surface area contributed by atoms with Gasteiger partial charge in [-0.05, 0) is 37.5 Å². The molecule has 3 nitrogen and oxygen atoms in total. The summed E-state index contributed by atoms with van der Waals surface area (Å²) in [6, 6.07) is 7.46. The number of nitrogens with one attached hydrogen (secondary N) is 1. The van der Waals surface area contributed by atoms with Gasteiger partial charge in [0.05, 0.1) is 6.04 Å². The van der Waals surface area contributed by atoms with E-state index in [2.05, 4.69) is 5.32 Å². The molecule has 1 saturated heterocycles. The lowest BCUT2D eigenvalue weighted by Crippen LogP contribution is -2.35. The number of amides is 1. The lowest BCUT2D eigenvalue weighted by atomic mass is 10.1. The van der Waals surface area contributed by atoms with E-state index in [0.29, 0.717) is 11.6 Å². The molecule has 2 atom stereocenters. The topological polar surface area (TPSA) is 38.3 Å². The minimum absolute atomic E-state index is 0.0232. The second-order valence-electron chi connectivity index (χ2n) is 4.28. The number of rotatable bonds is 3. The molecule has 1 amide bonds. The molecule has 92 valence electrons. The number of halogens is 1. The monoisotopic (exact) mass is 253 g/mol. The van der Waals surface area contributed by atoms with Gasteiger partial charge in [0.15, 0.2) is 0 Å². The van der Waals surface area contributed by atoms with Gasteiger partial charge in [0.25, 0.3) is 0 Å². The second-order valence-corrected chi connectivity index (χ2v) is 4.72. The molecule has 0 aromatic heterocycles. The first-order valence-corrected chi connectivity index (χ1v) is 6.22. The van der Waals surface area contributed by atoms with E-state index in [1.54, 1.807) is 0 Å². The smallest absolute Gasteiger partial charge is 0.249 e. The Hall–Kier alpha value is -1.06. The first kappa shape index (κ1) is 12.4. The molecule has 0 saturated carbocycles. The van der Waals surface area contributed by atoms with Gasteiger partial charge < -0.3 is 10.1 Å². The van der Waals surface area contributed by atoms with Gasteiger partial charge in [-0.15, -0.1) is 0 Å². The minimum Gasteiger partial charge on any atom is -0.368 e. The van der Waals surface area contributed by atoms with Crippen LogP contribution >= 0.6 is 11.6 Å². The molecule has 1 aliphatic heterocycles. The molecule has 0 bridgehead atoms. The van der Waals surface area contributed by atoms with Gasteiger partial charge >= 0.3 is 0 Å². The first-order valence-electron chi connectivity index (χ1n) is 5.84. The van der Waals surface area contributed by atoms with Crippen LogP contribution in [0, 0.1) is 0 Å². The van der Waals surface area contributed by atoms with E-state index in [4.69, 9.17) is 16.3 Å². The molecular formula is C13H16ClNO2. The van der Waals surface area contributed by atoms with Gasteiger partial charge in [-0.2, -0.15) is 0 Å². The van der Waals surface area contributed by atoms with Crippen LogP contribution in [-0.4, -0.2) is 18.6 Å². The predicted octanol–water partition coefficient (Wildman–Crippen LogP) is 2.70. The number of hydrogen-bond donors (Lipinski definition) is 1. The van der Waals surface area contributed by atoms with E-state index in [-0.39, 0.29) is 18.1 Å². The predicted molar refractivity (Wildman–Crippen MR) is 67.0 cm³/mol. The van der Waals surface area contributed by atoms with Crippen molar-refractivity contribution in [2.45, 2.75) is 31.9 Å². The van der Waals surface area contributed by atoms with Crippen molar-refractivity contribution in [2.24, 2.45) is 0 Å². The van der Waals surface area contributed by atoms with Crippen molar-refractivity contribution in [3.05, 3.63) is 34.9 Å². The average molecular weight is 254 g/mol. The molecule has 0 aliphatic carbocycles. The van der Waals surface area contributed by atoms with Gasteiger partial charge in [0.2, 0.25) is 5.91 Å². The van der Waals surface area contributed by atoms with Gasteiger partial charge in [0.1, 0.15) is 6.10 Å². The van der Waals surface area contributed by atoms with Crippen LogP contribution in [0.1, 0.15) is 31.4 Å². The fourth-order valence-corrected chi connectivity index (χ4v) is 2.05. The van der Waals surface area contributed by atoms with Crippen molar-refractivity contribution in [3.8, 4) is 0 Å². The van der Waals surface area contributed by atoms with E-state index >= 15 is 0 Å². The number of benzene rings is 1. The highest BCUT2D eigenvalue weighted by Crippen LogP contribution is 2.18. The fourth-order valence-electron chi connectivity index (χ4n) is 1.93. The van der Waals surface area contributed by atoms with Crippen molar-refractivity contribution in [2.75, 3.05) is 6.61 Å². The Morgan fingerprint density at radius 1 is 1.47 bits per heavy atom. The van der Waals surface area contributed by atoms with Crippen LogP contribution in [-0.2, 0) is 9.53 Å². The number of hydrogen-bond acceptors (Lipinski definition) is 2. The SMILES string of the molecule is CC(NC(=O)C1CCCO1)c1ccc(Cl)cc1. The molecule has 0 radical (unpaired) electrons. The zero-order valence-corrected chi connectivity index (χ0v) is 10.5. The maximum Gasteiger partial charge on any atom is 0.249 e. The summed E-state index contributed by atoms with van der Waals surface area (Å²) in [6.45, 7) is 2.64. The van der Waals surface area contributed by atoms with Crippen LogP contribution < -0.4 is 5.32 Å². The zero-order valence-electron chi connectivity index (χ0n) is 9.78. The van der Waals surface area contributed by atoms with Gasteiger partial charge in [-0.1, -0.05) is 23.7 Å². The molecule has 1 heterocycles. The summed E-state index contributed by atoms with van der Waals surface area (Å²) in [5.41, 5.74) is 1.04. The van der Waals surface area contributed by atoms with E-state index in [1.807, 2.05) is 31.2 Å². The lowest BCUT2D eigenvalue weighted by Gasteiger charge is -2.17. The maximum atomic E-state index is 11.8. The van der Waals surface area contributed by atoms with E-state index in [1.165, 1.54) is 0 Å². The maximum absolute atomic E-state index is 11.8. The molecule has 1 aromatic carbocycles. The van der Waals surface area contributed by atoms with Gasteiger partial charge in [-0.3, -0.25) is 4.79 Å². The van der Waals surface area contributed by atoms with Gasteiger partial charge in [0, 0.05) is 11.6 Å². The van der Waals surface area contributed by atoms with Crippen LogP contribution in [0.3, 0.4) is 0 Å². The largest absolute Gasteiger partial charge is 0.368 e. The Bertz CT molecular complexity index is 385. The van der Waals surface area contributed by atoms with Crippen LogP contribution in [0.15, 0.2) is 24.3 Å². The van der Waals surface area contributed by atoms with Crippen molar-refractivity contribution < 1.29 is 9.53 Å². The summed E-state index contributed by atoms with van der Waals surface area (Å²) in [7, 11) is 0. The average Bonchev–Trinajstić information content (AvgIpc) is 2.83. The molecule has 2 rings (SSSR count). The normalized spacial score (nSPS) is 21.2. The van der Waals surface area contributed by atoms with Gasteiger partial charge in [-0.25, -0.2) is 0 Å². The zero-order chi connectivity index (χ0) is 12.3. The number of carbonyl (C=O) groups is 1. The quantitative estimate of drug-likeness (QED) is 0.900. The first-order chi connectivity index (χ1) is 8.16. The highest BCUT2D eigenvalue weighted by atomic mass is 35.5. The molecule has 1 aromatic rings. The van der Waals surface area contributed by atoms with Crippen LogP contribution in [0.5, 0.6) is 0 Å². The van der Waals surface area contributed by atoms with E-state index in [0.717, 1.165) is 18.4 Å². The molecule has 17 heavy (non-hydrogen) atoms. The second kappa shape index (κ2) is 5.52. The van der Waals surface area contributed by atoms with Crippen molar-refractivity contribution in [3.63, 3.8) is 0 Å². The Morgan fingerprint density at radius 3 is 2.76 bits per heavy atom. The summed E-state index contributed by atoms with van der Waals surface area (Å²) < 4.78 is 5.34. The third-order valence-electron chi connectivity index (χ3n) is 2.95. The van der Waals surface area contributed by atoms with Crippen LogP contribution in [0.2, 0.25) is 5.02 Å². The van der Waals surface area contributed by atoms with Crippen molar-refractivity contribution in [1.82, 2.24) is 5.32 Å². The summed E-state index contributed by atoms with van der Waals surface area (Å²) >= 11 is 5.82. The third-order valence-corrected chi connectivity index (χ3v) is 3.20. The molecule has 4 heteroatoms. The van der Waals surface area contributed by atoms with Crippen LogP contribution in [0.25, 0.3) is 0 Å². The molecule has 0 spiro atoms. The van der Waals surface area contributed by atoms with E-state index < -0.39 is 0 Å². The number of carbonyl (C=O) groups excluding carboxylic acids is 1. The highest BCUT2D eigenvalue weighted by molar-refractivity contribution is 6.30. The Labute approximate surface area is 106 Å². The standard InChI is InChI=1S/C13H16ClNO2/c1-9(10-4-6-11(14)7-5-10)15-13(16)12-3-2-8-17-12/h4-7,9,12H,2-3,8H2,1H3,(H,15,16). The molecule has 2 unspecified atom stereocenters. The van der Waals surface area contributed by atoms with Crippen molar-refractivity contribution in [1.29, 1.82) is 0 Å². The fraction of sp³-hybridized carbons (Fsp3) is 0.462. The van der Waals surface area contributed by atoms with Crippen molar-refractivity contribution >= 4 is 17.5 Å². The highest BCUT2D eigenvalue weighted by Gasteiger charge is 2.24. The van der Waals surface area contributed by atoms with Crippen LogP contribution in [0.4, 0.5) is 0 Å². The number of ether oxygens (including phenoxy) is 1. The summed E-state index contributed by atoms with van der Waals surface area (Å²) in [5, 5.41) is 3.65. The molecular weight excluding hydrogens is 238 g/mol. The molecule has 1 N–H and O–H groups in total. The molecule has 1 aliphatic rings. The third kappa shape index (κ3) is 3.20. The Balaban J connectivity index is 1.93. The van der Waals surface area contributed by atoms with E-state index in [9.17, 15) is 4.79 Å². The Kier molecular flexibility index (Phi) is 4.02. The summed E-state index contributed by atoms with van der Waals surface area (Å²) in [6.07, 6.45) is 1.51.